The first-order chi connectivity index (χ1) is 16.4. The second-order valence-electron chi connectivity index (χ2n) is 9.34. The third-order valence-electron chi connectivity index (χ3n) is 7.32. The normalized spacial score (nSPS) is 20.6. The van der Waals surface area contributed by atoms with Crippen LogP contribution in [0.2, 0.25) is 5.02 Å². The lowest BCUT2D eigenvalue weighted by Crippen LogP contribution is -2.56. The first kappa shape index (κ1) is 24.7. The van der Waals surface area contributed by atoms with Crippen molar-refractivity contribution in [3.05, 3.63) is 52.0 Å². The van der Waals surface area contributed by atoms with Gasteiger partial charge in [-0.25, -0.2) is 0 Å². The first-order valence-electron chi connectivity index (χ1n) is 12.2. The molecular weight excluding hydrogens is 450 g/mol. The van der Waals surface area contributed by atoms with Crippen molar-refractivity contribution in [1.82, 2.24) is 10.2 Å². The number of halogens is 1. The van der Waals surface area contributed by atoms with E-state index in [1.807, 2.05) is 6.07 Å². The number of nitrogens with one attached hydrogen (secondary N) is 1. The summed E-state index contributed by atoms with van der Waals surface area (Å²) in [4.78, 5) is 16.2. The number of methoxy groups -OCH3 is 1. The van der Waals surface area contributed by atoms with Gasteiger partial charge in [-0.05, 0) is 68.0 Å². The Morgan fingerprint density at radius 1 is 1.12 bits per heavy atom. The van der Waals surface area contributed by atoms with Gasteiger partial charge in [0.15, 0.2) is 0 Å². The lowest BCUT2D eigenvalue weighted by atomic mass is 9.86. The number of piperazine rings is 1. The first-order valence-corrected chi connectivity index (χ1v) is 12.6. The van der Waals surface area contributed by atoms with Crippen LogP contribution in [0.3, 0.4) is 0 Å². The summed E-state index contributed by atoms with van der Waals surface area (Å²) in [7, 11) is 1.67. The van der Waals surface area contributed by atoms with E-state index >= 15 is 0 Å². The van der Waals surface area contributed by atoms with E-state index in [0.29, 0.717) is 30.3 Å². The van der Waals surface area contributed by atoms with Crippen molar-refractivity contribution >= 4 is 23.2 Å². The van der Waals surface area contributed by atoms with E-state index in [4.69, 9.17) is 21.1 Å². The van der Waals surface area contributed by atoms with Gasteiger partial charge in [-0.1, -0.05) is 17.7 Å². The minimum absolute atomic E-state index is 0.0333. The van der Waals surface area contributed by atoms with E-state index in [1.54, 1.807) is 7.11 Å². The van der Waals surface area contributed by atoms with Crippen LogP contribution in [-0.4, -0.2) is 56.7 Å². The van der Waals surface area contributed by atoms with Crippen molar-refractivity contribution in [2.45, 2.75) is 52.1 Å². The molecule has 0 spiro atoms. The lowest BCUT2D eigenvalue weighted by Gasteiger charge is -2.49. The van der Waals surface area contributed by atoms with Gasteiger partial charge in [0, 0.05) is 50.4 Å². The van der Waals surface area contributed by atoms with E-state index < -0.39 is 0 Å². The van der Waals surface area contributed by atoms with Gasteiger partial charge in [-0.15, -0.1) is 0 Å². The molecule has 0 aliphatic carbocycles. The second kappa shape index (κ2) is 10.9. The standard InChI is InChI=1S/C27H36ClN3O3/c1-18-19(2)26(34-15-12-29-20(3)32)11-9-23(18)25-7-5-6-22-17-30(13-14-31(22)25)21-8-10-24(28)27(16-21)33-4/h8-11,16,22,25H,5-7,12-15,17H2,1-4H3,(H,29,32)/t22-,25+/m0/s1. The number of hydrogen-bond acceptors (Lipinski definition) is 5. The van der Waals surface area contributed by atoms with Crippen LogP contribution in [0.5, 0.6) is 11.5 Å². The molecule has 2 saturated heterocycles. The molecule has 0 saturated carbocycles. The van der Waals surface area contributed by atoms with Gasteiger partial charge in [-0.2, -0.15) is 0 Å². The highest BCUT2D eigenvalue weighted by atomic mass is 35.5. The fourth-order valence-electron chi connectivity index (χ4n) is 5.39. The highest BCUT2D eigenvalue weighted by Gasteiger charge is 2.36. The number of nitrogens with zero attached hydrogens (tertiary/aromatic N) is 2. The predicted octanol–water partition coefficient (Wildman–Crippen LogP) is 4.90. The number of benzene rings is 2. The molecule has 1 amide bonds. The molecule has 6 nitrogen and oxygen atoms in total. The molecule has 2 atom stereocenters. The molecule has 2 aliphatic rings. The van der Waals surface area contributed by atoms with Crippen LogP contribution in [0, 0.1) is 13.8 Å². The Bertz CT molecular complexity index is 1030. The third-order valence-corrected chi connectivity index (χ3v) is 7.63. The van der Waals surface area contributed by atoms with Gasteiger partial charge in [-0.3, -0.25) is 9.69 Å². The van der Waals surface area contributed by atoms with Gasteiger partial charge >= 0.3 is 0 Å². The Balaban J connectivity index is 1.46. The summed E-state index contributed by atoms with van der Waals surface area (Å²) < 4.78 is 11.4. The van der Waals surface area contributed by atoms with Crippen molar-refractivity contribution < 1.29 is 14.3 Å². The molecule has 184 valence electrons. The maximum atomic E-state index is 11.1. The van der Waals surface area contributed by atoms with Crippen LogP contribution < -0.4 is 19.7 Å². The van der Waals surface area contributed by atoms with Crippen molar-refractivity contribution in [3.8, 4) is 11.5 Å². The van der Waals surface area contributed by atoms with Gasteiger partial charge in [0.05, 0.1) is 18.7 Å². The third kappa shape index (κ3) is 5.28. The maximum Gasteiger partial charge on any atom is 0.216 e. The molecular formula is C27H36ClN3O3. The number of fused-ring (bicyclic) bond motifs is 1. The predicted molar refractivity (Wildman–Crippen MR) is 137 cm³/mol. The molecule has 0 aromatic heterocycles. The zero-order chi connectivity index (χ0) is 24.2. The second-order valence-corrected chi connectivity index (χ2v) is 9.74. The molecule has 1 N–H and O–H groups in total. The van der Waals surface area contributed by atoms with Crippen LogP contribution in [-0.2, 0) is 4.79 Å². The summed E-state index contributed by atoms with van der Waals surface area (Å²) in [6, 6.07) is 11.4. The number of anilines is 1. The molecule has 2 aromatic rings. The highest BCUT2D eigenvalue weighted by molar-refractivity contribution is 6.32. The molecule has 2 fully saturated rings. The SMILES string of the molecule is COc1cc(N2CCN3[C@@H](CCC[C@@H]3c3ccc(OCCNC(C)=O)c(C)c3C)C2)ccc1Cl. The van der Waals surface area contributed by atoms with Gasteiger partial charge in [0.25, 0.3) is 0 Å². The minimum atomic E-state index is -0.0333. The number of piperidine rings is 1. The molecule has 0 bridgehead atoms. The quantitative estimate of drug-likeness (QED) is 0.565. The molecule has 0 unspecified atom stereocenters. The molecule has 7 heteroatoms. The van der Waals surface area contributed by atoms with Crippen LogP contribution in [0.1, 0.15) is 48.9 Å². The van der Waals surface area contributed by atoms with E-state index in [0.717, 1.165) is 31.1 Å². The summed E-state index contributed by atoms with van der Waals surface area (Å²) in [6.45, 7) is 9.90. The Kier molecular flexibility index (Phi) is 7.89. The van der Waals surface area contributed by atoms with Crippen LogP contribution in [0.15, 0.2) is 30.3 Å². The van der Waals surface area contributed by atoms with Crippen LogP contribution in [0.4, 0.5) is 5.69 Å². The van der Waals surface area contributed by atoms with Crippen molar-refractivity contribution in [1.29, 1.82) is 0 Å². The van der Waals surface area contributed by atoms with E-state index in [1.165, 1.54) is 48.6 Å². The molecule has 4 rings (SSSR count). The van der Waals surface area contributed by atoms with Crippen LogP contribution >= 0.6 is 11.6 Å². The summed E-state index contributed by atoms with van der Waals surface area (Å²) in [5, 5.41) is 3.43. The van der Waals surface area contributed by atoms with E-state index in [2.05, 4.69) is 53.2 Å². The Labute approximate surface area is 208 Å². The monoisotopic (exact) mass is 485 g/mol. The molecule has 34 heavy (non-hydrogen) atoms. The fourth-order valence-corrected chi connectivity index (χ4v) is 5.58. The summed E-state index contributed by atoms with van der Waals surface area (Å²) in [5.41, 5.74) is 5.09. The molecule has 2 aliphatic heterocycles. The Morgan fingerprint density at radius 3 is 2.71 bits per heavy atom. The van der Waals surface area contributed by atoms with Crippen molar-refractivity contribution in [2.75, 3.05) is 44.8 Å². The lowest BCUT2D eigenvalue weighted by molar-refractivity contribution is -0.119. The molecule has 2 heterocycles. The van der Waals surface area contributed by atoms with E-state index in [9.17, 15) is 4.79 Å². The fraction of sp³-hybridized carbons (Fsp3) is 0.519. The van der Waals surface area contributed by atoms with Gasteiger partial charge < -0.3 is 19.7 Å². The number of amides is 1. The zero-order valence-corrected chi connectivity index (χ0v) is 21.5. The minimum Gasteiger partial charge on any atom is -0.495 e. The number of carbonyl (C=O) groups is 1. The largest absolute Gasteiger partial charge is 0.495 e. The highest BCUT2D eigenvalue weighted by Crippen LogP contribution is 2.40. The number of hydrogen-bond donors (Lipinski definition) is 1. The number of ether oxygens (including phenoxy) is 2. The number of rotatable bonds is 7. The average molecular weight is 486 g/mol. The van der Waals surface area contributed by atoms with Gasteiger partial charge in [0.1, 0.15) is 18.1 Å². The van der Waals surface area contributed by atoms with E-state index in [-0.39, 0.29) is 5.91 Å². The average Bonchev–Trinajstić information content (AvgIpc) is 2.84. The Hall–Kier alpha value is -2.44. The van der Waals surface area contributed by atoms with Gasteiger partial charge in [0.2, 0.25) is 5.91 Å². The van der Waals surface area contributed by atoms with Crippen molar-refractivity contribution in [3.63, 3.8) is 0 Å². The maximum absolute atomic E-state index is 11.1. The zero-order valence-electron chi connectivity index (χ0n) is 20.7. The number of carbonyl (C=O) groups excluding carboxylic acids is 1. The molecule has 2 aromatic carbocycles. The molecule has 0 radical (unpaired) electrons. The van der Waals surface area contributed by atoms with Crippen LogP contribution in [0.25, 0.3) is 0 Å². The van der Waals surface area contributed by atoms with Crippen molar-refractivity contribution in [2.24, 2.45) is 0 Å². The summed E-state index contributed by atoms with van der Waals surface area (Å²) >= 11 is 6.24. The summed E-state index contributed by atoms with van der Waals surface area (Å²) in [5.74, 6) is 1.60. The smallest absolute Gasteiger partial charge is 0.216 e. The topological polar surface area (TPSA) is 54.0 Å². The Morgan fingerprint density at radius 2 is 1.94 bits per heavy atom. The summed E-state index contributed by atoms with van der Waals surface area (Å²) in [6.07, 6.45) is 3.64.